The second-order valence-corrected chi connectivity index (χ2v) is 5.95. The molecule has 0 aliphatic heterocycles. The molecule has 2 atom stereocenters. The summed E-state index contributed by atoms with van der Waals surface area (Å²) in [5.74, 6) is -3.23. The molecule has 0 radical (unpaired) electrons. The number of hydrogen-bond donors (Lipinski definition) is 0. The number of hydrogen-bond acceptors (Lipinski definition) is 5. The highest BCUT2D eigenvalue weighted by molar-refractivity contribution is 6.16. The molecule has 128 valence electrons. The largest absolute Gasteiger partial charge is 0.468 e. The summed E-state index contributed by atoms with van der Waals surface area (Å²) in [5, 5.41) is 0. The van der Waals surface area contributed by atoms with Crippen molar-refractivity contribution in [2.24, 2.45) is 11.3 Å². The molecule has 0 N–H and O–H groups in total. The number of rotatable bonds is 5. The van der Waals surface area contributed by atoms with E-state index in [4.69, 9.17) is 9.47 Å². The first-order valence-corrected chi connectivity index (χ1v) is 7.90. The molecular formula is C20H18O5. The minimum absolute atomic E-state index is 0.273. The van der Waals surface area contributed by atoms with Gasteiger partial charge in [0.05, 0.1) is 20.1 Å². The topological polar surface area (TPSA) is 69.7 Å². The van der Waals surface area contributed by atoms with Crippen LogP contribution in [0.3, 0.4) is 0 Å². The van der Waals surface area contributed by atoms with Gasteiger partial charge in [0, 0.05) is 11.5 Å². The summed E-state index contributed by atoms with van der Waals surface area (Å²) in [6, 6.07) is 17.6. The lowest BCUT2D eigenvalue weighted by atomic mass is 9.97. The van der Waals surface area contributed by atoms with E-state index in [1.54, 1.807) is 54.6 Å². The molecule has 0 saturated heterocycles. The van der Waals surface area contributed by atoms with Crippen molar-refractivity contribution in [1.82, 2.24) is 0 Å². The van der Waals surface area contributed by atoms with Crippen LogP contribution in [-0.2, 0) is 19.1 Å². The van der Waals surface area contributed by atoms with E-state index < -0.39 is 29.2 Å². The summed E-state index contributed by atoms with van der Waals surface area (Å²) in [6.07, 6.45) is 0. The molecule has 0 bridgehead atoms. The van der Waals surface area contributed by atoms with Crippen molar-refractivity contribution in [3.05, 3.63) is 71.8 Å². The second kappa shape index (κ2) is 6.51. The number of Topliss-reactive ketones (excluding diaryl/α,β-unsaturated/α-hetero) is 1. The van der Waals surface area contributed by atoms with Gasteiger partial charge in [-0.2, -0.15) is 0 Å². The number of esters is 2. The van der Waals surface area contributed by atoms with Crippen molar-refractivity contribution < 1.29 is 23.9 Å². The second-order valence-electron chi connectivity index (χ2n) is 5.95. The van der Waals surface area contributed by atoms with E-state index in [0.717, 1.165) is 5.56 Å². The van der Waals surface area contributed by atoms with E-state index in [1.165, 1.54) is 14.2 Å². The Morgan fingerprint density at radius 2 is 1.28 bits per heavy atom. The van der Waals surface area contributed by atoms with Gasteiger partial charge in [-0.15, -0.1) is 0 Å². The molecule has 0 heterocycles. The minimum atomic E-state index is -1.64. The maximum atomic E-state index is 13.0. The van der Waals surface area contributed by atoms with Crippen molar-refractivity contribution in [2.45, 2.75) is 5.92 Å². The maximum Gasteiger partial charge on any atom is 0.324 e. The highest BCUT2D eigenvalue weighted by atomic mass is 16.5. The van der Waals surface area contributed by atoms with Crippen LogP contribution in [0.5, 0.6) is 0 Å². The molecule has 0 aromatic heterocycles. The molecule has 1 aliphatic carbocycles. The Balaban J connectivity index is 2.11. The van der Waals surface area contributed by atoms with Crippen molar-refractivity contribution in [1.29, 1.82) is 0 Å². The Hall–Kier alpha value is -2.95. The lowest BCUT2D eigenvalue weighted by Crippen LogP contribution is -2.33. The molecule has 3 rings (SSSR count). The molecule has 0 unspecified atom stereocenters. The summed E-state index contributed by atoms with van der Waals surface area (Å²) in [7, 11) is 2.41. The van der Waals surface area contributed by atoms with Crippen LogP contribution < -0.4 is 0 Å². The fourth-order valence-corrected chi connectivity index (χ4v) is 3.57. The summed E-state index contributed by atoms with van der Waals surface area (Å²) < 4.78 is 9.75. The van der Waals surface area contributed by atoms with Crippen LogP contribution in [0.15, 0.2) is 60.7 Å². The van der Waals surface area contributed by atoms with Gasteiger partial charge in [0.15, 0.2) is 11.2 Å². The normalized spacial score (nSPS) is 20.4. The summed E-state index contributed by atoms with van der Waals surface area (Å²) in [6.45, 7) is 0. The predicted molar refractivity (Wildman–Crippen MR) is 89.9 cm³/mol. The van der Waals surface area contributed by atoms with Gasteiger partial charge in [0.1, 0.15) is 0 Å². The molecule has 2 aromatic carbocycles. The van der Waals surface area contributed by atoms with E-state index in [1.807, 2.05) is 6.07 Å². The van der Waals surface area contributed by atoms with Gasteiger partial charge in [-0.3, -0.25) is 14.4 Å². The predicted octanol–water partition coefficient (Wildman–Crippen LogP) is 2.62. The molecule has 5 heteroatoms. The van der Waals surface area contributed by atoms with Crippen LogP contribution in [0.4, 0.5) is 0 Å². The third kappa shape index (κ3) is 2.52. The fraction of sp³-hybridized carbons (Fsp3) is 0.250. The molecule has 2 aromatic rings. The highest BCUT2D eigenvalue weighted by Crippen LogP contribution is 2.67. The first kappa shape index (κ1) is 16.9. The lowest BCUT2D eigenvalue weighted by Gasteiger charge is -2.13. The van der Waals surface area contributed by atoms with Crippen molar-refractivity contribution in [3.8, 4) is 0 Å². The Labute approximate surface area is 145 Å². The van der Waals surface area contributed by atoms with Crippen LogP contribution in [0.25, 0.3) is 0 Å². The number of benzene rings is 2. The molecule has 1 aliphatic rings. The third-order valence-corrected chi connectivity index (χ3v) is 4.75. The third-order valence-electron chi connectivity index (χ3n) is 4.75. The van der Waals surface area contributed by atoms with Gasteiger partial charge in [0.2, 0.25) is 0 Å². The molecule has 1 fully saturated rings. The summed E-state index contributed by atoms with van der Waals surface area (Å²) in [4.78, 5) is 38.1. The van der Waals surface area contributed by atoms with Crippen LogP contribution >= 0.6 is 0 Å². The van der Waals surface area contributed by atoms with E-state index in [-0.39, 0.29) is 5.78 Å². The van der Waals surface area contributed by atoms with Gasteiger partial charge in [-0.25, -0.2) is 0 Å². The monoisotopic (exact) mass is 338 g/mol. The zero-order chi connectivity index (χ0) is 18.0. The first-order valence-electron chi connectivity index (χ1n) is 7.90. The lowest BCUT2D eigenvalue weighted by molar-refractivity contribution is -0.162. The van der Waals surface area contributed by atoms with Crippen molar-refractivity contribution in [3.63, 3.8) is 0 Å². The van der Waals surface area contributed by atoms with Crippen LogP contribution in [0.2, 0.25) is 0 Å². The van der Waals surface area contributed by atoms with Crippen molar-refractivity contribution >= 4 is 17.7 Å². The van der Waals surface area contributed by atoms with Crippen molar-refractivity contribution in [2.75, 3.05) is 14.2 Å². The number of ether oxygens (including phenoxy) is 2. The fourth-order valence-electron chi connectivity index (χ4n) is 3.57. The Morgan fingerprint density at radius 1 is 0.800 bits per heavy atom. The van der Waals surface area contributed by atoms with Gasteiger partial charge in [-0.1, -0.05) is 60.7 Å². The number of carbonyl (C=O) groups excluding carboxylic acids is 3. The molecule has 5 nitrogen and oxygen atoms in total. The SMILES string of the molecule is COC(=O)C1(C(=O)OC)[C@@H](C(=O)c2ccccc2)[C@@H]1c1ccccc1. The van der Waals surface area contributed by atoms with E-state index in [0.29, 0.717) is 5.56 Å². The first-order chi connectivity index (χ1) is 12.1. The average molecular weight is 338 g/mol. The molecule has 0 spiro atoms. The Kier molecular flexibility index (Phi) is 4.40. The number of methoxy groups -OCH3 is 2. The maximum absolute atomic E-state index is 13.0. The standard InChI is InChI=1S/C20H18O5/c1-24-18(22)20(19(23)25-2)15(13-9-5-3-6-10-13)16(20)17(21)14-11-7-4-8-12-14/h3-12,15-16H,1-2H3/t15-,16+/m0/s1. The molecule has 1 saturated carbocycles. The zero-order valence-corrected chi connectivity index (χ0v) is 14.0. The van der Waals surface area contributed by atoms with Crippen LogP contribution in [-0.4, -0.2) is 31.9 Å². The van der Waals surface area contributed by atoms with Crippen LogP contribution in [0, 0.1) is 11.3 Å². The Bertz CT molecular complexity index is 781. The molecule has 25 heavy (non-hydrogen) atoms. The average Bonchev–Trinajstić information content (AvgIpc) is 3.38. The summed E-state index contributed by atoms with van der Waals surface area (Å²) >= 11 is 0. The molecular weight excluding hydrogens is 320 g/mol. The smallest absolute Gasteiger partial charge is 0.324 e. The number of ketones is 1. The quantitative estimate of drug-likeness (QED) is 0.476. The van der Waals surface area contributed by atoms with Gasteiger partial charge >= 0.3 is 11.9 Å². The van der Waals surface area contributed by atoms with Crippen LogP contribution in [0.1, 0.15) is 21.8 Å². The minimum Gasteiger partial charge on any atom is -0.468 e. The zero-order valence-electron chi connectivity index (χ0n) is 14.0. The van der Waals surface area contributed by atoms with E-state index in [2.05, 4.69) is 0 Å². The number of carbonyl (C=O) groups is 3. The van der Waals surface area contributed by atoms with Gasteiger partial charge in [0.25, 0.3) is 0 Å². The highest BCUT2D eigenvalue weighted by Gasteiger charge is 2.79. The summed E-state index contributed by atoms with van der Waals surface area (Å²) in [5.41, 5.74) is -0.465. The van der Waals surface area contributed by atoms with E-state index in [9.17, 15) is 14.4 Å². The van der Waals surface area contributed by atoms with Gasteiger partial charge in [-0.05, 0) is 5.56 Å². The van der Waals surface area contributed by atoms with E-state index >= 15 is 0 Å². The molecule has 0 amide bonds. The van der Waals surface area contributed by atoms with Gasteiger partial charge < -0.3 is 9.47 Å². The Morgan fingerprint density at radius 3 is 1.76 bits per heavy atom.